The highest BCUT2D eigenvalue weighted by Crippen LogP contribution is 1.98. The van der Waals surface area contributed by atoms with Crippen molar-refractivity contribution in [1.82, 2.24) is 4.98 Å². The maximum absolute atomic E-state index is 12.2. The first-order chi connectivity index (χ1) is 3.80. The van der Waals surface area contributed by atoms with Gasteiger partial charge in [0.25, 0.3) is 0 Å². The lowest BCUT2D eigenvalue weighted by molar-refractivity contribution is 0.615. The Morgan fingerprint density at radius 1 is 1.75 bits per heavy atom. The van der Waals surface area contributed by atoms with Gasteiger partial charge >= 0.3 is 0 Å². The van der Waals surface area contributed by atoms with Gasteiger partial charge in [-0.3, -0.25) is 4.98 Å². The van der Waals surface area contributed by atoms with Crippen molar-refractivity contribution in [3.05, 3.63) is 29.8 Å². The lowest BCUT2D eigenvalue weighted by atomic mass is 10.3. The van der Waals surface area contributed by atoms with Gasteiger partial charge in [0, 0.05) is 11.8 Å². The number of rotatable bonds is 0. The number of pyridine rings is 1. The summed E-state index contributed by atoms with van der Waals surface area (Å²) in [6.45, 7) is 1.63. The summed E-state index contributed by atoms with van der Waals surface area (Å²) < 4.78 is 12.2. The molecule has 41 valence electrons. The Kier molecular flexibility index (Phi) is 1.24. The van der Waals surface area contributed by atoms with Crippen LogP contribution in [-0.2, 0) is 0 Å². The molecule has 0 unspecified atom stereocenters. The van der Waals surface area contributed by atoms with Gasteiger partial charge in [-0.05, 0) is 13.0 Å². The second-order valence-electron chi connectivity index (χ2n) is 1.53. The van der Waals surface area contributed by atoms with Gasteiger partial charge in [0.05, 0.1) is 6.20 Å². The Hall–Kier alpha value is -0.920. The minimum absolute atomic E-state index is 0.250. The fourth-order valence-corrected chi connectivity index (χ4v) is 0.415. The molecule has 0 bridgehead atoms. The fraction of sp³-hybridized carbons (Fsp3) is 0.167. The number of nitrogens with zero attached hydrogens (tertiary/aromatic N) is 1. The molecule has 0 fully saturated rings. The van der Waals surface area contributed by atoms with Crippen molar-refractivity contribution in [3.63, 3.8) is 0 Å². The fourth-order valence-electron chi connectivity index (χ4n) is 0.415. The third kappa shape index (κ3) is 0.832. The molecule has 0 saturated carbocycles. The first-order valence-electron chi connectivity index (χ1n) is 2.29. The molecule has 8 heavy (non-hydrogen) atoms. The van der Waals surface area contributed by atoms with E-state index >= 15 is 0 Å². The second kappa shape index (κ2) is 1.90. The van der Waals surface area contributed by atoms with Crippen LogP contribution >= 0.6 is 0 Å². The molecular formula is C6H5FN. The van der Waals surface area contributed by atoms with Crippen LogP contribution in [0.3, 0.4) is 0 Å². The number of aromatic nitrogens is 1. The van der Waals surface area contributed by atoms with E-state index in [1.807, 2.05) is 0 Å². The van der Waals surface area contributed by atoms with Gasteiger partial charge in [0.15, 0.2) is 0 Å². The lowest BCUT2D eigenvalue weighted by Gasteiger charge is -1.87. The summed E-state index contributed by atoms with van der Waals surface area (Å²) in [6.07, 6.45) is 3.85. The number of aryl methyl sites for hydroxylation is 1. The van der Waals surface area contributed by atoms with Gasteiger partial charge < -0.3 is 0 Å². The van der Waals surface area contributed by atoms with Crippen molar-refractivity contribution < 1.29 is 4.39 Å². The van der Waals surface area contributed by atoms with Crippen LogP contribution in [0, 0.1) is 18.9 Å². The summed E-state index contributed by atoms with van der Waals surface area (Å²) in [5.41, 5.74) is 0.465. The van der Waals surface area contributed by atoms with E-state index in [1.54, 1.807) is 6.92 Å². The van der Waals surface area contributed by atoms with Crippen molar-refractivity contribution in [2.24, 2.45) is 0 Å². The van der Waals surface area contributed by atoms with E-state index in [2.05, 4.69) is 11.2 Å². The highest BCUT2D eigenvalue weighted by atomic mass is 19.1. The standard InChI is InChI=1S/C6H5FN/c1-5-4-8-3-2-6(5)7/h2-3H,1H3. The zero-order valence-corrected chi connectivity index (χ0v) is 4.48. The molecule has 0 spiro atoms. The second-order valence-corrected chi connectivity index (χ2v) is 1.53. The Morgan fingerprint density at radius 3 is 2.88 bits per heavy atom. The van der Waals surface area contributed by atoms with Gasteiger partial charge in [0.2, 0.25) is 0 Å². The molecule has 0 aliphatic carbocycles. The summed E-state index contributed by atoms with van der Waals surface area (Å²) in [6, 6.07) is 1.31. The molecule has 1 aromatic rings. The van der Waals surface area contributed by atoms with Crippen LogP contribution < -0.4 is 0 Å². The van der Waals surface area contributed by atoms with Crippen LogP contribution in [0.5, 0.6) is 0 Å². The van der Waals surface area contributed by atoms with E-state index in [1.165, 1.54) is 12.3 Å². The zero-order chi connectivity index (χ0) is 5.98. The van der Waals surface area contributed by atoms with E-state index in [0.29, 0.717) is 5.56 Å². The number of halogens is 1. The van der Waals surface area contributed by atoms with E-state index in [4.69, 9.17) is 0 Å². The molecule has 0 atom stereocenters. The minimum atomic E-state index is -0.250. The predicted octanol–water partition coefficient (Wildman–Crippen LogP) is 1.33. The Balaban J connectivity index is 3.13. The lowest BCUT2D eigenvalue weighted by Crippen LogP contribution is -1.81. The molecule has 0 aliphatic heterocycles. The molecule has 0 saturated heterocycles. The third-order valence-corrected chi connectivity index (χ3v) is 0.886. The summed E-state index contributed by atoms with van der Waals surface area (Å²) in [4.78, 5) is 3.58. The van der Waals surface area contributed by atoms with Gasteiger partial charge in [-0.15, -0.1) is 0 Å². The molecule has 0 aliphatic rings. The maximum atomic E-state index is 12.2. The summed E-state index contributed by atoms with van der Waals surface area (Å²) in [5.74, 6) is -0.250. The molecule has 1 radical (unpaired) electrons. The first kappa shape index (κ1) is 5.22. The predicted molar refractivity (Wildman–Crippen MR) is 27.8 cm³/mol. The number of hydrogen-bond acceptors (Lipinski definition) is 1. The Morgan fingerprint density at radius 2 is 2.50 bits per heavy atom. The average Bonchev–Trinajstić information content (AvgIpc) is 1.77. The van der Waals surface area contributed by atoms with Gasteiger partial charge in [0.1, 0.15) is 5.82 Å². The Bertz CT molecular complexity index is 165. The molecule has 1 heterocycles. The highest BCUT2D eigenvalue weighted by Gasteiger charge is 1.90. The van der Waals surface area contributed by atoms with Crippen LogP contribution in [0.15, 0.2) is 12.3 Å². The molecule has 1 rings (SSSR count). The normalized spacial score (nSPS) is 9.25. The van der Waals surface area contributed by atoms with Crippen LogP contribution in [0.25, 0.3) is 0 Å². The molecule has 1 nitrogen and oxygen atoms in total. The van der Waals surface area contributed by atoms with E-state index in [0.717, 1.165) is 0 Å². The number of hydrogen-bond donors (Lipinski definition) is 0. The molecule has 0 amide bonds. The molecular weight excluding hydrogens is 105 g/mol. The van der Waals surface area contributed by atoms with Gasteiger partial charge in [-0.1, -0.05) is 0 Å². The first-order valence-corrected chi connectivity index (χ1v) is 2.29. The van der Waals surface area contributed by atoms with Crippen LogP contribution in [0.4, 0.5) is 4.39 Å². The minimum Gasteiger partial charge on any atom is -0.254 e. The molecule has 0 aromatic carbocycles. The molecule has 1 aromatic heterocycles. The topological polar surface area (TPSA) is 12.9 Å². The van der Waals surface area contributed by atoms with Crippen molar-refractivity contribution in [3.8, 4) is 0 Å². The average molecular weight is 110 g/mol. The smallest absolute Gasteiger partial charge is 0.129 e. The van der Waals surface area contributed by atoms with Crippen molar-refractivity contribution in [1.29, 1.82) is 0 Å². The van der Waals surface area contributed by atoms with Gasteiger partial charge in [-0.2, -0.15) is 0 Å². The summed E-state index contributed by atoms with van der Waals surface area (Å²) in [7, 11) is 0. The van der Waals surface area contributed by atoms with Crippen LogP contribution in [0.1, 0.15) is 5.56 Å². The van der Waals surface area contributed by atoms with E-state index in [-0.39, 0.29) is 5.82 Å². The SMILES string of the molecule is Cc1[c]nccc1F. The molecule has 2 heteroatoms. The van der Waals surface area contributed by atoms with Crippen LogP contribution in [0.2, 0.25) is 0 Å². The maximum Gasteiger partial charge on any atom is 0.129 e. The van der Waals surface area contributed by atoms with E-state index < -0.39 is 0 Å². The molecule has 0 N–H and O–H groups in total. The van der Waals surface area contributed by atoms with Gasteiger partial charge in [-0.25, -0.2) is 4.39 Å². The summed E-state index contributed by atoms with van der Waals surface area (Å²) in [5, 5.41) is 0. The van der Waals surface area contributed by atoms with Crippen LogP contribution in [-0.4, -0.2) is 4.98 Å². The van der Waals surface area contributed by atoms with Crippen molar-refractivity contribution in [2.75, 3.05) is 0 Å². The highest BCUT2D eigenvalue weighted by molar-refractivity contribution is 5.06. The Labute approximate surface area is 47.2 Å². The van der Waals surface area contributed by atoms with E-state index in [9.17, 15) is 4.39 Å². The summed E-state index contributed by atoms with van der Waals surface area (Å²) >= 11 is 0. The zero-order valence-electron chi connectivity index (χ0n) is 4.48. The van der Waals surface area contributed by atoms with Crippen molar-refractivity contribution >= 4 is 0 Å². The largest absolute Gasteiger partial charge is 0.254 e. The third-order valence-electron chi connectivity index (χ3n) is 0.886. The quantitative estimate of drug-likeness (QED) is 0.491. The monoisotopic (exact) mass is 110 g/mol. The van der Waals surface area contributed by atoms with Crippen molar-refractivity contribution in [2.45, 2.75) is 6.92 Å².